The highest BCUT2D eigenvalue weighted by molar-refractivity contribution is 5.93. The second-order valence-electron chi connectivity index (χ2n) is 5.40. The van der Waals surface area contributed by atoms with E-state index in [0.717, 1.165) is 12.1 Å². The first-order valence-electron chi connectivity index (χ1n) is 7.53. The number of benzene rings is 2. The summed E-state index contributed by atoms with van der Waals surface area (Å²) in [6, 6.07) is 6.19. The third-order valence-corrected chi connectivity index (χ3v) is 3.16. The van der Waals surface area contributed by atoms with Gasteiger partial charge in [0.1, 0.15) is 17.3 Å². The normalized spacial score (nSPS) is 11.8. The lowest BCUT2D eigenvalue weighted by Gasteiger charge is -2.16. The minimum Gasteiger partial charge on any atom is -0.484 e. The number of ether oxygens (including phenoxy) is 2. The van der Waals surface area contributed by atoms with Crippen LogP contribution in [0.3, 0.4) is 0 Å². The lowest BCUT2D eigenvalue weighted by Crippen LogP contribution is -2.23. The molecular formula is C17H12F7NO3. The highest BCUT2D eigenvalue weighted by atomic mass is 19.4. The van der Waals surface area contributed by atoms with E-state index < -0.39 is 54.3 Å². The van der Waals surface area contributed by atoms with E-state index in [1.54, 1.807) is 0 Å². The summed E-state index contributed by atoms with van der Waals surface area (Å²) in [4.78, 5) is 11.9. The van der Waals surface area contributed by atoms with Crippen LogP contribution < -0.4 is 14.8 Å². The van der Waals surface area contributed by atoms with Gasteiger partial charge in [-0.3, -0.25) is 4.79 Å². The molecule has 0 aliphatic heterocycles. The van der Waals surface area contributed by atoms with Crippen LogP contribution in [0.25, 0.3) is 0 Å². The predicted octanol–water partition coefficient (Wildman–Crippen LogP) is 4.80. The molecule has 0 saturated heterocycles. The van der Waals surface area contributed by atoms with Crippen LogP contribution in [0.2, 0.25) is 0 Å². The zero-order valence-corrected chi connectivity index (χ0v) is 13.8. The molecule has 2 aromatic rings. The predicted molar refractivity (Wildman–Crippen MR) is 83.5 cm³/mol. The average molecular weight is 411 g/mol. The van der Waals surface area contributed by atoms with Crippen molar-refractivity contribution < 1.29 is 45.0 Å². The van der Waals surface area contributed by atoms with Gasteiger partial charge in [0.15, 0.2) is 13.2 Å². The zero-order chi connectivity index (χ0) is 20.9. The fourth-order valence-electron chi connectivity index (χ4n) is 1.96. The number of nitrogens with one attached hydrogen (secondary N) is 1. The van der Waals surface area contributed by atoms with Crippen molar-refractivity contribution in [3.05, 3.63) is 53.8 Å². The largest absolute Gasteiger partial charge is 0.484 e. The highest BCUT2D eigenvalue weighted by Gasteiger charge is 2.32. The molecule has 0 heterocycles. The average Bonchev–Trinajstić information content (AvgIpc) is 2.58. The first kappa shape index (κ1) is 21.3. The maximum Gasteiger partial charge on any atom is 0.422 e. The molecule has 0 radical (unpaired) electrons. The molecule has 11 heteroatoms. The van der Waals surface area contributed by atoms with Crippen molar-refractivity contribution in [3.8, 4) is 11.5 Å². The number of alkyl halides is 6. The molecule has 28 heavy (non-hydrogen) atoms. The Bertz CT molecular complexity index is 817. The fourth-order valence-corrected chi connectivity index (χ4v) is 1.96. The molecule has 0 bridgehead atoms. The van der Waals surface area contributed by atoms with Crippen molar-refractivity contribution in [1.82, 2.24) is 0 Å². The van der Waals surface area contributed by atoms with Crippen molar-refractivity contribution in [1.29, 1.82) is 0 Å². The molecule has 152 valence electrons. The summed E-state index contributed by atoms with van der Waals surface area (Å²) >= 11 is 0. The van der Waals surface area contributed by atoms with Crippen LogP contribution in [0.1, 0.15) is 5.56 Å². The number of halogens is 7. The Kier molecular flexibility index (Phi) is 6.37. The molecule has 0 atom stereocenters. The van der Waals surface area contributed by atoms with Gasteiger partial charge in [-0.25, -0.2) is 4.39 Å². The molecule has 0 fully saturated rings. The molecule has 1 N–H and O–H groups in total. The Labute approximate surface area is 153 Å². The van der Waals surface area contributed by atoms with Gasteiger partial charge < -0.3 is 14.8 Å². The lowest BCUT2D eigenvalue weighted by atomic mass is 10.1. The number of hydrogen-bond donors (Lipinski definition) is 1. The van der Waals surface area contributed by atoms with Crippen molar-refractivity contribution >= 4 is 11.6 Å². The Morgan fingerprint density at radius 3 is 2.14 bits per heavy atom. The van der Waals surface area contributed by atoms with Gasteiger partial charge in [0.25, 0.3) is 5.91 Å². The summed E-state index contributed by atoms with van der Waals surface area (Å²) in [5.74, 6) is -2.00. The van der Waals surface area contributed by atoms with Gasteiger partial charge in [-0.05, 0) is 42.5 Å². The zero-order valence-electron chi connectivity index (χ0n) is 13.8. The van der Waals surface area contributed by atoms with Gasteiger partial charge in [0, 0.05) is 0 Å². The van der Waals surface area contributed by atoms with Gasteiger partial charge in [0.2, 0.25) is 0 Å². The van der Waals surface area contributed by atoms with Crippen LogP contribution in [0, 0.1) is 5.82 Å². The number of rotatable bonds is 6. The van der Waals surface area contributed by atoms with Crippen molar-refractivity contribution in [2.45, 2.75) is 12.4 Å². The van der Waals surface area contributed by atoms with Gasteiger partial charge in [0.05, 0.1) is 11.3 Å². The quantitative estimate of drug-likeness (QED) is 0.695. The molecular weight excluding hydrogens is 399 g/mol. The van der Waals surface area contributed by atoms with Crippen molar-refractivity contribution in [3.63, 3.8) is 0 Å². The van der Waals surface area contributed by atoms with E-state index in [-0.39, 0.29) is 5.75 Å². The third kappa shape index (κ3) is 6.63. The molecule has 0 aliphatic rings. The van der Waals surface area contributed by atoms with E-state index in [1.165, 1.54) is 12.1 Å². The van der Waals surface area contributed by atoms with E-state index in [1.807, 2.05) is 5.32 Å². The molecule has 0 saturated carbocycles. The summed E-state index contributed by atoms with van der Waals surface area (Å²) in [5, 5.41) is 2.01. The van der Waals surface area contributed by atoms with E-state index >= 15 is 0 Å². The van der Waals surface area contributed by atoms with Gasteiger partial charge in [-0.2, -0.15) is 26.3 Å². The van der Waals surface area contributed by atoms with Crippen LogP contribution >= 0.6 is 0 Å². The Morgan fingerprint density at radius 1 is 0.929 bits per heavy atom. The lowest BCUT2D eigenvalue weighted by molar-refractivity contribution is -0.153. The minimum absolute atomic E-state index is 0.106. The van der Waals surface area contributed by atoms with E-state index in [0.29, 0.717) is 18.2 Å². The van der Waals surface area contributed by atoms with Crippen molar-refractivity contribution in [2.24, 2.45) is 0 Å². The molecule has 1 amide bonds. The standard InChI is InChI=1S/C17H12F7NO3/c18-11-2-4-12(5-3-11)27-8-15(26)25-13-7-10(17(22,23)24)1-6-14(13)28-9-16(19,20)21/h1-7H,8-9H2,(H,25,26). The molecule has 4 nitrogen and oxygen atoms in total. The maximum atomic E-state index is 12.8. The third-order valence-electron chi connectivity index (χ3n) is 3.16. The van der Waals surface area contributed by atoms with Gasteiger partial charge >= 0.3 is 12.4 Å². The Hall–Kier alpha value is -2.98. The van der Waals surface area contributed by atoms with Gasteiger partial charge in [-0.15, -0.1) is 0 Å². The van der Waals surface area contributed by atoms with E-state index in [4.69, 9.17) is 4.74 Å². The summed E-state index contributed by atoms with van der Waals surface area (Å²) in [7, 11) is 0. The molecule has 0 aliphatic carbocycles. The fraction of sp³-hybridized carbons (Fsp3) is 0.235. The van der Waals surface area contributed by atoms with Crippen LogP contribution in [-0.2, 0) is 11.0 Å². The number of amides is 1. The minimum atomic E-state index is -4.79. The van der Waals surface area contributed by atoms with Crippen LogP contribution in [0.15, 0.2) is 42.5 Å². The van der Waals surface area contributed by atoms with Crippen LogP contribution in [0.5, 0.6) is 11.5 Å². The van der Waals surface area contributed by atoms with E-state index in [9.17, 15) is 35.5 Å². The molecule has 2 rings (SSSR count). The second kappa shape index (κ2) is 8.36. The number of anilines is 1. The summed E-state index contributed by atoms with van der Waals surface area (Å²) in [5.41, 5.74) is -1.80. The smallest absolute Gasteiger partial charge is 0.422 e. The summed E-state index contributed by atoms with van der Waals surface area (Å²) < 4.78 is 97.7. The topological polar surface area (TPSA) is 47.6 Å². The summed E-state index contributed by atoms with van der Waals surface area (Å²) in [6.07, 6.45) is -9.51. The number of carbonyl (C=O) groups excluding carboxylic acids is 1. The highest BCUT2D eigenvalue weighted by Crippen LogP contribution is 2.35. The van der Waals surface area contributed by atoms with Crippen LogP contribution in [0.4, 0.5) is 36.4 Å². The van der Waals surface area contributed by atoms with Gasteiger partial charge in [-0.1, -0.05) is 0 Å². The molecule has 0 spiro atoms. The van der Waals surface area contributed by atoms with Crippen LogP contribution in [-0.4, -0.2) is 25.3 Å². The maximum absolute atomic E-state index is 12.8. The first-order valence-corrected chi connectivity index (χ1v) is 7.53. The SMILES string of the molecule is O=C(COc1ccc(F)cc1)Nc1cc(C(F)(F)F)ccc1OCC(F)(F)F. The summed E-state index contributed by atoms with van der Waals surface area (Å²) in [6.45, 7) is -2.44. The first-order chi connectivity index (χ1) is 12.9. The Morgan fingerprint density at radius 2 is 1.57 bits per heavy atom. The number of carbonyl (C=O) groups is 1. The Balaban J connectivity index is 2.12. The second-order valence-corrected chi connectivity index (χ2v) is 5.40. The monoisotopic (exact) mass is 411 g/mol. The van der Waals surface area contributed by atoms with E-state index in [2.05, 4.69) is 4.74 Å². The van der Waals surface area contributed by atoms with Crippen molar-refractivity contribution in [2.75, 3.05) is 18.5 Å². The molecule has 0 unspecified atom stereocenters. The molecule has 0 aromatic heterocycles. The number of hydrogen-bond acceptors (Lipinski definition) is 3. The molecule has 2 aromatic carbocycles.